The third-order valence-corrected chi connectivity index (χ3v) is 4.86. The molecule has 1 aromatic carbocycles. The largest absolute Gasteiger partial charge is 0.348 e. The summed E-state index contributed by atoms with van der Waals surface area (Å²) in [5, 5.41) is 14.6. The first-order valence-electron chi connectivity index (χ1n) is 8.63. The Balaban J connectivity index is 1.61. The van der Waals surface area contributed by atoms with Crippen molar-refractivity contribution in [2.45, 2.75) is 44.7 Å². The van der Waals surface area contributed by atoms with Crippen molar-refractivity contribution < 1.29 is 4.79 Å². The number of hydrogen-bond acceptors (Lipinski definition) is 4. The van der Waals surface area contributed by atoms with Crippen molar-refractivity contribution in [3.8, 4) is 0 Å². The van der Waals surface area contributed by atoms with Crippen LogP contribution in [0.2, 0.25) is 0 Å². The Hall–Kier alpha value is -2.21. The van der Waals surface area contributed by atoms with Gasteiger partial charge in [-0.25, -0.2) is 4.68 Å². The number of carbonyl (C=O) groups excluding carboxylic acids is 1. The first kappa shape index (κ1) is 16.6. The van der Waals surface area contributed by atoms with Crippen LogP contribution in [0.5, 0.6) is 0 Å². The first-order chi connectivity index (χ1) is 11.6. The van der Waals surface area contributed by atoms with E-state index in [0.29, 0.717) is 11.7 Å². The molecule has 1 fully saturated rings. The molecule has 1 saturated heterocycles. The lowest BCUT2D eigenvalue weighted by Crippen LogP contribution is -2.36. The highest BCUT2D eigenvalue weighted by Crippen LogP contribution is 2.19. The fourth-order valence-corrected chi connectivity index (χ4v) is 3.08. The molecule has 24 heavy (non-hydrogen) atoms. The Morgan fingerprint density at radius 3 is 2.67 bits per heavy atom. The molecule has 0 aliphatic carbocycles. The van der Waals surface area contributed by atoms with E-state index in [9.17, 15) is 4.79 Å². The molecule has 0 saturated carbocycles. The van der Waals surface area contributed by atoms with Crippen molar-refractivity contribution in [3.63, 3.8) is 0 Å². The van der Waals surface area contributed by atoms with Crippen LogP contribution in [-0.4, -0.2) is 40.0 Å². The molecule has 6 nitrogen and oxygen atoms in total. The molecule has 128 valence electrons. The molecular formula is C18H25N5O. The van der Waals surface area contributed by atoms with Gasteiger partial charge in [-0.1, -0.05) is 42.5 Å². The number of amides is 1. The maximum atomic E-state index is 12.4. The number of rotatable bonds is 5. The molecule has 0 spiro atoms. The summed E-state index contributed by atoms with van der Waals surface area (Å²) >= 11 is 0. The summed E-state index contributed by atoms with van der Waals surface area (Å²) in [5.74, 6) is 0.0695. The fourth-order valence-electron chi connectivity index (χ4n) is 3.08. The lowest BCUT2D eigenvalue weighted by molar-refractivity contribution is 0.0930. The van der Waals surface area contributed by atoms with Crippen LogP contribution in [0.3, 0.4) is 0 Å². The van der Waals surface area contributed by atoms with Crippen molar-refractivity contribution in [1.82, 2.24) is 25.6 Å². The highest BCUT2D eigenvalue weighted by Gasteiger charge is 2.21. The molecule has 1 aliphatic rings. The van der Waals surface area contributed by atoms with Gasteiger partial charge in [-0.05, 0) is 38.4 Å². The monoisotopic (exact) mass is 327 g/mol. The van der Waals surface area contributed by atoms with Crippen LogP contribution in [0, 0.1) is 0 Å². The van der Waals surface area contributed by atoms with E-state index in [1.165, 1.54) is 5.56 Å². The summed E-state index contributed by atoms with van der Waals surface area (Å²) in [6, 6.07) is 10.6. The third-order valence-electron chi connectivity index (χ3n) is 4.86. The molecule has 2 heterocycles. The lowest BCUT2D eigenvalue weighted by atomic mass is 9.94. The van der Waals surface area contributed by atoms with Gasteiger partial charge in [0, 0.05) is 12.0 Å². The minimum Gasteiger partial charge on any atom is -0.348 e. The summed E-state index contributed by atoms with van der Waals surface area (Å²) in [4.78, 5) is 12.4. The average Bonchev–Trinajstić information content (AvgIpc) is 3.13. The van der Waals surface area contributed by atoms with Gasteiger partial charge < -0.3 is 10.6 Å². The third kappa shape index (κ3) is 3.82. The normalized spacial score (nSPS) is 18.1. The van der Waals surface area contributed by atoms with E-state index < -0.39 is 0 Å². The molecule has 2 atom stereocenters. The number of nitrogens with zero attached hydrogens (tertiary/aromatic N) is 3. The highest BCUT2D eigenvalue weighted by molar-refractivity contribution is 5.92. The molecule has 1 amide bonds. The summed E-state index contributed by atoms with van der Waals surface area (Å²) < 4.78 is 1.83. The second kappa shape index (κ2) is 7.57. The van der Waals surface area contributed by atoms with Gasteiger partial charge in [0.25, 0.3) is 5.91 Å². The Labute approximate surface area is 142 Å². The molecule has 0 bridgehead atoms. The van der Waals surface area contributed by atoms with E-state index in [2.05, 4.69) is 40.0 Å². The summed E-state index contributed by atoms with van der Waals surface area (Å²) in [5.41, 5.74) is 1.60. The Morgan fingerprint density at radius 2 is 1.96 bits per heavy atom. The van der Waals surface area contributed by atoms with Gasteiger partial charge in [0.15, 0.2) is 5.69 Å². The minimum absolute atomic E-state index is 0.0175. The predicted octanol–water partition coefficient (Wildman–Crippen LogP) is 2.12. The van der Waals surface area contributed by atoms with Crippen LogP contribution in [0.25, 0.3) is 0 Å². The van der Waals surface area contributed by atoms with Gasteiger partial charge in [0.05, 0.1) is 12.2 Å². The van der Waals surface area contributed by atoms with Crippen LogP contribution < -0.4 is 10.6 Å². The molecule has 2 N–H and O–H groups in total. The SMILES string of the molecule is CC(NC(=O)c1cn(C2CCNCC2)nn1)C(C)c1ccccc1. The quantitative estimate of drug-likeness (QED) is 0.882. The van der Waals surface area contributed by atoms with Crippen molar-refractivity contribution >= 4 is 5.91 Å². The number of aromatic nitrogens is 3. The Morgan fingerprint density at radius 1 is 1.25 bits per heavy atom. The van der Waals surface area contributed by atoms with Gasteiger partial charge in [-0.2, -0.15) is 0 Å². The second-order valence-corrected chi connectivity index (χ2v) is 6.53. The maximum Gasteiger partial charge on any atom is 0.273 e. The molecule has 2 unspecified atom stereocenters. The zero-order valence-electron chi connectivity index (χ0n) is 14.3. The molecule has 0 radical (unpaired) electrons. The zero-order chi connectivity index (χ0) is 16.9. The number of benzene rings is 1. The lowest BCUT2D eigenvalue weighted by Gasteiger charge is -2.22. The van der Waals surface area contributed by atoms with E-state index in [4.69, 9.17) is 0 Å². The topological polar surface area (TPSA) is 71.8 Å². The molecule has 3 rings (SSSR count). The molecule has 1 aromatic heterocycles. The first-order valence-corrected chi connectivity index (χ1v) is 8.63. The smallest absolute Gasteiger partial charge is 0.273 e. The van der Waals surface area contributed by atoms with Crippen LogP contribution in [0.4, 0.5) is 0 Å². The van der Waals surface area contributed by atoms with Gasteiger partial charge >= 0.3 is 0 Å². The average molecular weight is 327 g/mol. The van der Waals surface area contributed by atoms with Crippen molar-refractivity contribution in [1.29, 1.82) is 0 Å². The van der Waals surface area contributed by atoms with E-state index in [1.807, 2.05) is 29.8 Å². The number of nitrogens with one attached hydrogen (secondary N) is 2. The van der Waals surface area contributed by atoms with Crippen molar-refractivity contribution in [3.05, 3.63) is 47.8 Å². The minimum atomic E-state index is -0.162. The Kier molecular flexibility index (Phi) is 5.25. The summed E-state index contributed by atoms with van der Waals surface area (Å²) in [6.07, 6.45) is 3.81. The van der Waals surface area contributed by atoms with E-state index in [-0.39, 0.29) is 17.9 Å². The standard InChI is InChI=1S/C18H25N5O/c1-13(15-6-4-3-5-7-15)14(2)20-18(24)17-12-23(22-21-17)16-8-10-19-11-9-16/h3-7,12-14,16,19H,8-11H2,1-2H3,(H,20,24). The molecular weight excluding hydrogens is 302 g/mol. The van der Waals surface area contributed by atoms with Gasteiger partial charge in [-0.3, -0.25) is 4.79 Å². The van der Waals surface area contributed by atoms with Gasteiger partial charge in [-0.15, -0.1) is 5.10 Å². The predicted molar refractivity (Wildman–Crippen MR) is 92.9 cm³/mol. The molecule has 2 aromatic rings. The van der Waals surface area contributed by atoms with Gasteiger partial charge in [0.1, 0.15) is 0 Å². The number of hydrogen-bond donors (Lipinski definition) is 2. The van der Waals surface area contributed by atoms with Crippen molar-refractivity contribution in [2.24, 2.45) is 0 Å². The zero-order valence-corrected chi connectivity index (χ0v) is 14.3. The van der Waals surface area contributed by atoms with Crippen LogP contribution in [0.15, 0.2) is 36.5 Å². The maximum absolute atomic E-state index is 12.4. The number of piperidine rings is 1. The highest BCUT2D eigenvalue weighted by atomic mass is 16.2. The van der Waals surface area contributed by atoms with Crippen LogP contribution in [-0.2, 0) is 0 Å². The molecule has 6 heteroatoms. The van der Waals surface area contributed by atoms with Crippen LogP contribution >= 0.6 is 0 Å². The van der Waals surface area contributed by atoms with Gasteiger partial charge in [0.2, 0.25) is 0 Å². The summed E-state index contributed by atoms with van der Waals surface area (Å²) in [6.45, 7) is 6.11. The Bertz CT molecular complexity index is 663. The summed E-state index contributed by atoms with van der Waals surface area (Å²) in [7, 11) is 0. The second-order valence-electron chi connectivity index (χ2n) is 6.53. The van der Waals surface area contributed by atoms with Crippen molar-refractivity contribution in [2.75, 3.05) is 13.1 Å². The molecule has 1 aliphatic heterocycles. The van der Waals surface area contributed by atoms with E-state index in [0.717, 1.165) is 25.9 Å². The fraction of sp³-hybridized carbons (Fsp3) is 0.500. The van der Waals surface area contributed by atoms with E-state index in [1.54, 1.807) is 6.20 Å². The van der Waals surface area contributed by atoms with Crippen LogP contribution in [0.1, 0.15) is 54.7 Å². The number of carbonyl (C=O) groups is 1. The van der Waals surface area contributed by atoms with E-state index >= 15 is 0 Å².